The van der Waals surface area contributed by atoms with Gasteiger partial charge in [0.1, 0.15) is 11.3 Å². The molecule has 15 nitrogen and oxygen atoms in total. The first-order valence-electron chi connectivity index (χ1n) is 16.9. The first-order valence-corrected chi connectivity index (χ1v) is 19.9. The van der Waals surface area contributed by atoms with Gasteiger partial charge in [-0.1, -0.05) is 6.92 Å². The number of azo groups is 3. The zero-order chi connectivity index (χ0) is 33.2. The molecule has 0 heterocycles. The fourth-order valence-electron chi connectivity index (χ4n) is 8.22. The van der Waals surface area contributed by atoms with Crippen molar-refractivity contribution in [1.82, 2.24) is 0 Å². The molecule has 18 heteroatoms. The molecule has 5 saturated carbocycles. The predicted octanol–water partition coefficient (Wildman–Crippen LogP) is 3.55. The smallest absolute Gasteiger partial charge is 0.270 e. The summed E-state index contributed by atoms with van der Waals surface area (Å²) >= 11 is 0. The average molecular weight is 754 g/mol. The standard InChI is InChI=1S/C29H50N6O9S2.Cu/c1-16-12-25(26(37)15-24(16)33-31-19-4-9-22(10-5-19)45(39,40)41)34-35-28-27(46(42,43)44)14-17-13-20(6-11-23(17)29(28)38)32-30-18-2-7-21(36)8-3-18;/h16-29,36-38H,2-15H2,1H3,(H,39,40,41)(H,42,43,44);. The molecule has 5 aliphatic carbocycles. The van der Waals surface area contributed by atoms with E-state index in [1.807, 2.05) is 6.92 Å². The Bertz CT molecular complexity index is 1340. The van der Waals surface area contributed by atoms with Crippen molar-refractivity contribution in [3.05, 3.63) is 0 Å². The molecule has 0 bridgehead atoms. The molecule has 5 aliphatic rings. The number of nitrogens with zero attached hydrogens (tertiary/aromatic N) is 6. The maximum atomic E-state index is 12.5. The Morgan fingerprint density at radius 3 is 1.74 bits per heavy atom. The topological polar surface area (TPSA) is 244 Å². The van der Waals surface area contributed by atoms with Gasteiger partial charge in [-0.3, -0.25) is 9.11 Å². The van der Waals surface area contributed by atoms with Crippen molar-refractivity contribution in [1.29, 1.82) is 0 Å². The van der Waals surface area contributed by atoms with Crippen LogP contribution >= 0.6 is 0 Å². The van der Waals surface area contributed by atoms with Crippen molar-refractivity contribution in [2.75, 3.05) is 0 Å². The molecule has 5 fully saturated rings. The molecule has 0 aromatic carbocycles. The van der Waals surface area contributed by atoms with Crippen LogP contribution in [0.15, 0.2) is 30.7 Å². The summed E-state index contributed by atoms with van der Waals surface area (Å²) in [7, 11) is -8.61. The molecule has 0 amide bonds. The third kappa shape index (κ3) is 10.1. The fourth-order valence-corrected chi connectivity index (χ4v) is 10.1. The van der Waals surface area contributed by atoms with E-state index in [-0.39, 0.29) is 77.9 Å². The largest absolute Gasteiger partial charge is 0.393 e. The van der Waals surface area contributed by atoms with Crippen molar-refractivity contribution < 1.29 is 58.3 Å². The Balaban J connectivity index is 0.00000500. The molecule has 0 aromatic heterocycles. The van der Waals surface area contributed by atoms with Gasteiger partial charge in [0.05, 0.1) is 53.8 Å². The van der Waals surface area contributed by atoms with Crippen LogP contribution in [-0.4, -0.2) is 106 Å². The molecule has 10 unspecified atom stereocenters. The van der Waals surface area contributed by atoms with Crippen molar-refractivity contribution in [2.45, 2.75) is 162 Å². The van der Waals surface area contributed by atoms with Gasteiger partial charge in [0.2, 0.25) is 0 Å². The minimum atomic E-state index is -4.56. The number of aliphatic hydroxyl groups excluding tert-OH is 3. The number of hydrogen-bond donors (Lipinski definition) is 5. The van der Waals surface area contributed by atoms with Gasteiger partial charge in [0.25, 0.3) is 20.2 Å². The first-order chi connectivity index (χ1) is 21.7. The van der Waals surface area contributed by atoms with Crippen LogP contribution in [0.3, 0.4) is 0 Å². The maximum absolute atomic E-state index is 12.5. The monoisotopic (exact) mass is 753 g/mol. The average Bonchev–Trinajstić information content (AvgIpc) is 3.00. The van der Waals surface area contributed by atoms with Crippen LogP contribution in [0.4, 0.5) is 0 Å². The van der Waals surface area contributed by atoms with Crippen molar-refractivity contribution in [2.24, 2.45) is 48.4 Å². The Kier molecular flexibility index (Phi) is 13.5. The molecule has 273 valence electrons. The summed E-state index contributed by atoms with van der Waals surface area (Å²) in [6, 6.07) is -2.19. The second kappa shape index (κ2) is 16.4. The second-order valence-electron chi connectivity index (χ2n) is 14.4. The second-order valence-corrected chi connectivity index (χ2v) is 17.7. The van der Waals surface area contributed by atoms with E-state index in [2.05, 4.69) is 30.7 Å². The summed E-state index contributed by atoms with van der Waals surface area (Å²) in [5.41, 5.74) is 0. The Morgan fingerprint density at radius 1 is 0.574 bits per heavy atom. The van der Waals surface area contributed by atoms with Gasteiger partial charge in [-0.05, 0) is 108 Å². The molecule has 1 radical (unpaired) electrons. The van der Waals surface area contributed by atoms with Gasteiger partial charge in [0, 0.05) is 17.1 Å². The third-order valence-corrected chi connectivity index (χ3v) is 13.7. The van der Waals surface area contributed by atoms with Gasteiger partial charge in [-0.25, -0.2) is 0 Å². The van der Waals surface area contributed by atoms with Crippen LogP contribution in [-0.2, 0) is 37.3 Å². The molecule has 47 heavy (non-hydrogen) atoms. The van der Waals surface area contributed by atoms with E-state index in [1.165, 1.54) is 0 Å². The van der Waals surface area contributed by atoms with Crippen molar-refractivity contribution in [3.8, 4) is 0 Å². The molecular formula is C29H50CuN6O9S2. The quantitative estimate of drug-likeness (QED) is 0.138. The van der Waals surface area contributed by atoms with E-state index in [1.54, 1.807) is 0 Å². The van der Waals surface area contributed by atoms with E-state index in [0.29, 0.717) is 64.2 Å². The van der Waals surface area contributed by atoms with E-state index in [9.17, 15) is 41.3 Å². The first kappa shape index (κ1) is 38.8. The summed E-state index contributed by atoms with van der Waals surface area (Å²) in [5, 5.41) is 56.5. The molecule has 10 atom stereocenters. The molecule has 0 spiro atoms. The van der Waals surface area contributed by atoms with Gasteiger partial charge in [-0.2, -0.15) is 47.5 Å². The molecule has 0 aromatic rings. The molecule has 0 aliphatic heterocycles. The summed E-state index contributed by atoms with van der Waals surface area (Å²) < 4.78 is 67.2. The normalized spacial score (nSPS) is 44.0. The third-order valence-electron chi connectivity index (χ3n) is 11.1. The minimum Gasteiger partial charge on any atom is -0.393 e. The molecule has 5 N–H and O–H groups in total. The Hall–Kier alpha value is -0.981. The zero-order valence-corrected chi connectivity index (χ0v) is 29.2. The van der Waals surface area contributed by atoms with E-state index >= 15 is 0 Å². The van der Waals surface area contributed by atoms with Crippen LogP contribution < -0.4 is 0 Å². The van der Waals surface area contributed by atoms with Gasteiger partial charge >= 0.3 is 0 Å². The number of hydrogen-bond acceptors (Lipinski definition) is 13. The predicted molar refractivity (Wildman–Crippen MR) is 167 cm³/mol. The van der Waals surface area contributed by atoms with E-state index in [0.717, 1.165) is 12.8 Å². The van der Waals surface area contributed by atoms with Gasteiger partial charge in [0.15, 0.2) is 0 Å². The number of rotatable bonds is 8. The summed E-state index contributed by atoms with van der Waals surface area (Å²) in [4.78, 5) is 0. The van der Waals surface area contributed by atoms with Crippen LogP contribution in [0.2, 0.25) is 0 Å². The Morgan fingerprint density at radius 2 is 1.13 bits per heavy atom. The molecule has 0 saturated heterocycles. The number of aliphatic hydroxyl groups is 3. The SMILES string of the molecule is CC1CC(N=NC2C(O)C3CCC(N=NC4CCC(O)CC4)CC3CC2S(=O)(=O)O)C(O)CC1N=NC1CCC(S(=O)(=O)O)CC1.[Cu]. The fraction of sp³-hybridized carbons (Fsp3) is 1.00. The molecule has 5 rings (SSSR count). The van der Waals surface area contributed by atoms with Crippen LogP contribution in [0.25, 0.3) is 0 Å². The molecular weight excluding hydrogens is 704 g/mol. The van der Waals surface area contributed by atoms with Crippen molar-refractivity contribution >= 4 is 20.2 Å². The summed E-state index contributed by atoms with van der Waals surface area (Å²) in [5.74, 6) is -0.411. The van der Waals surface area contributed by atoms with Crippen molar-refractivity contribution in [3.63, 3.8) is 0 Å². The Labute approximate surface area is 288 Å². The van der Waals surface area contributed by atoms with E-state index < -0.39 is 55.0 Å². The van der Waals surface area contributed by atoms with E-state index in [4.69, 9.17) is 0 Å². The number of fused-ring (bicyclic) bond motifs is 1. The summed E-state index contributed by atoms with van der Waals surface area (Å²) in [6.07, 6.45) is 5.07. The maximum Gasteiger partial charge on any atom is 0.270 e. The van der Waals surface area contributed by atoms with Crippen LogP contribution in [0.5, 0.6) is 0 Å². The van der Waals surface area contributed by atoms with Crippen LogP contribution in [0, 0.1) is 17.8 Å². The van der Waals surface area contributed by atoms with Gasteiger partial charge in [-0.15, -0.1) is 0 Å². The van der Waals surface area contributed by atoms with Gasteiger partial charge < -0.3 is 15.3 Å². The minimum absolute atomic E-state index is 0. The van der Waals surface area contributed by atoms with Crippen LogP contribution in [0.1, 0.15) is 96.8 Å². The summed E-state index contributed by atoms with van der Waals surface area (Å²) in [6.45, 7) is 1.96. The zero-order valence-electron chi connectivity index (χ0n) is 26.7.